The number of benzene rings is 1. The fourth-order valence-corrected chi connectivity index (χ4v) is 2.16. The number of aryl methyl sites for hydroxylation is 1. The number of rotatable bonds is 4. The predicted molar refractivity (Wildman–Crippen MR) is 69.1 cm³/mol. The molecule has 0 saturated heterocycles. The van der Waals surface area contributed by atoms with Crippen LogP contribution in [0.25, 0.3) is 0 Å². The number of carbonyl (C=O) groups is 1. The van der Waals surface area contributed by atoms with E-state index in [-0.39, 0.29) is 0 Å². The number of amides is 1. The lowest BCUT2D eigenvalue weighted by Gasteiger charge is -2.05. The summed E-state index contributed by atoms with van der Waals surface area (Å²) in [6.45, 7) is 2.62. The first kappa shape index (κ1) is 11.6. The lowest BCUT2D eigenvalue weighted by molar-refractivity contribution is 0.100. The number of hydrogen-bond donors (Lipinski definition) is 2. The van der Waals surface area contributed by atoms with Gasteiger partial charge >= 0.3 is 0 Å². The molecule has 0 atom stereocenters. The van der Waals surface area contributed by atoms with E-state index in [1.165, 1.54) is 0 Å². The van der Waals surface area contributed by atoms with Crippen LogP contribution in [0.15, 0.2) is 29.6 Å². The highest BCUT2D eigenvalue weighted by atomic mass is 32.1. The minimum atomic E-state index is -0.418. The highest BCUT2D eigenvalue weighted by molar-refractivity contribution is 7.09. The number of nitrogens with two attached hydrogens (primary N) is 1. The molecule has 0 aliphatic rings. The Morgan fingerprint density at radius 1 is 1.53 bits per heavy atom. The molecule has 1 aromatic carbocycles. The molecule has 0 bridgehead atoms. The molecule has 0 aliphatic carbocycles. The third-order valence-corrected chi connectivity index (χ3v) is 3.22. The summed E-state index contributed by atoms with van der Waals surface area (Å²) in [5.74, 6) is -0.418. The monoisotopic (exact) mass is 247 g/mol. The van der Waals surface area contributed by atoms with Gasteiger partial charge in [0.25, 0.3) is 0 Å². The number of carbonyl (C=O) groups excluding carboxylic acids is 1. The highest BCUT2D eigenvalue weighted by Crippen LogP contribution is 2.14. The molecule has 2 rings (SSSR count). The second-order valence-corrected chi connectivity index (χ2v) is 4.62. The molecule has 1 amide bonds. The Hall–Kier alpha value is -1.88. The van der Waals surface area contributed by atoms with Gasteiger partial charge in [-0.05, 0) is 25.1 Å². The van der Waals surface area contributed by atoms with Crippen LogP contribution in [0, 0.1) is 6.92 Å². The maximum atomic E-state index is 11.0. The molecule has 2 aromatic rings. The normalized spacial score (nSPS) is 10.2. The smallest absolute Gasteiger partial charge is 0.248 e. The number of primary amides is 1. The molecule has 0 unspecified atom stereocenters. The van der Waals surface area contributed by atoms with E-state index in [1.807, 2.05) is 18.4 Å². The fourth-order valence-electron chi connectivity index (χ4n) is 1.44. The lowest BCUT2D eigenvalue weighted by Crippen LogP contribution is -2.11. The van der Waals surface area contributed by atoms with Gasteiger partial charge in [-0.2, -0.15) is 0 Å². The quantitative estimate of drug-likeness (QED) is 0.870. The summed E-state index contributed by atoms with van der Waals surface area (Å²) >= 11 is 1.61. The Bertz CT molecular complexity index is 536. The van der Waals surface area contributed by atoms with Crippen LogP contribution in [0.2, 0.25) is 0 Å². The van der Waals surface area contributed by atoms with Gasteiger partial charge in [-0.25, -0.2) is 4.98 Å². The zero-order chi connectivity index (χ0) is 12.3. The van der Waals surface area contributed by atoms with E-state index in [9.17, 15) is 4.79 Å². The van der Waals surface area contributed by atoms with Crippen LogP contribution in [-0.4, -0.2) is 10.9 Å². The molecule has 88 valence electrons. The molecule has 0 radical (unpaired) electrons. The summed E-state index contributed by atoms with van der Waals surface area (Å²) in [5.41, 5.74) is 7.62. The average Bonchev–Trinajstić information content (AvgIpc) is 2.73. The van der Waals surface area contributed by atoms with E-state index >= 15 is 0 Å². The summed E-state index contributed by atoms with van der Waals surface area (Å²) in [5, 5.41) is 6.24. The van der Waals surface area contributed by atoms with Crippen molar-refractivity contribution in [2.24, 2.45) is 5.73 Å². The second-order valence-electron chi connectivity index (χ2n) is 3.68. The van der Waals surface area contributed by atoms with Gasteiger partial charge in [-0.15, -0.1) is 11.3 Å². The molecule has 5 heteroatoms. The molecule has 0 saturated carbocycles. The minimum Gasteiger partial charge on any atom is -0.379 e. The number of aromatic nitrogens is 1. The van der Waals surface area contributed by atoms with Crippen molar-refractivity contribution in [3.63, 3.8) is 0 Å². The maximum Gasteiger partial charge on any atom is 0.248 e. The molecular formula is C12H13N3OS. The Balaban J connectivity index is 2.04. The topological polar surface area (TPSA) is 68.0 Å². The van der Waals surface area contributed by atoms with Gasteiger partial charge < -0.3 is 11.1 Å². The van der Waals surface area contributed by atoms with Gasteiger partial charge in [0.1, 0.15) is 5.01 Å². The molecule has 3 N–H and O–H groups in total. The Kier molecular flexibility index (Phi) is 3.39. The number of thiazole rings is 1. The van der Waals surface area contributed by atoms with Crippen molar-refractivity contribution in [3.05, 3.63) is 45.9 Å². The van der Waals surface area contributed by atoms with Crippen LogP contribution in [0.5, 0.6) is 0 Å². The van der Waals surface area contributed by atoms with Crippen LogP contribution < -0.4 is 11.1 Å². The van der Waals surface area contributed by atoms with Crippen LogP contribution >= 0.6 is 11.3 Å². The van der Waals surface area contributed by atoms with E-state index in [4.69, 9.17) is 5.73 Å². The Morgan fingerprint density at radius 3 is 3.00 bits per heavy atom. The van der Waals surface area contributed by atoms with E-state index in [0.717, 1.165) is 16.4 Å². The van der Waals surface area contributed by atoms with Gasteiger partial charge in [0.05, 0.1) is 6.54 Å². The van der Waals surface area contributed by atoms with Crippen molar-refractivity contribution in [2.45, 2.75) is 13.5 Å². The number of nitrogens with one attached hydrogen (secondary N) is 1. The summed E-state index contributed by atoms with van der Waals surface area (Å²) in [7, 11) is 0. The predicted octanol–water partition coefficient (Wildman–Crippen LogP) is 2.16. The van der Waals surface area contributed by atoms with Gasteiger partial charge in [0, 0.05) is 22.3 Å². The largest absolute Gasteiger partial charge is 0.379 e. The maximum absolute atomic E-state index is 11.0. The molecule has 0 spiro atoms. The first-order chi connectivity index (χ1) is 8.15. The molecule has 0 fully saturated rings. The van der Waals surface area contributed by atoms with Crippen molar-refractivity contribution >= 4 is 22.9 Å². The molecule has 1 aromatic heterocycles. The van der Waals surface area contributed by atoms with E-state index in [0.29, 0.717) is 12.1 Å². The average molecular weight is 247 g/mol. The van der Waals surface area contributed by atoms with E-state index in [1.54, 1.807) is 29.5 Å². The van der Waals surface area contributed by atoms with Crippen molar-refractivity contribution < 1.29 is 4.79 Å². The summed E-state index contributed by atoms with van der Waals surface area (Å²) in [6.07, 6.45) is 0. The van der Waals surface area contributed by atoms with Crippen molar-refractivity contribution in [1.29, 1.82) is 0 Å². The summed E-state index contributed by atoms with van der Waals surface area (Å²) in [4.78, 5) is 15.4. The highest BCUT2D eigenvalue weighted by Gasteiger charge is 2.02. The Morgan fingerprint density at radius 2 is 2.35 bits per heavy atom. The van der Waals surface area contributed by atoms with Gasteiger partial charge in [-0.1, -0.05) is 6.07 Å². The molecule has 4 nitrogen and oxygen atoms in total. The zero-order valence-electron chi connectivity index (χ0n) is 9.43. The lowest BCUT2D eigenvalue weighted by atomic mass is 10.2. The molecule has 1 heterocycles. The third kappa shape index (κ3) is 3.04. The standard InChI is InChI=1S/C12H13N3OS/c1-8-7-17-11(15-8)6-14-10-4-2-3-9(5-10)12(13)16/h2-5,7,14H,6H2,1H3,(H2,13,16). The Labute approximate surface area is 103 Å². The van der Waals surface area contributed by atoms with Gasteiger partial charge in [0.2, 0.25) is 5.91 Å². The number of nitrogens with zero attached hydrogens (tertiary/aromatic N) is 1. The first-order valence-corrected chi connectivity index (χ1v) is 6.08. The van der Waals surface area contributed by atoms with Crippen molar-refractivity contribution in [3.8, 4) is 0 Å². The van der Waals surface area contributed by atoms with E-state index in [2.05, 4.69) is 10.3 Å². The van der Waals surface area contributed by atoms with Crippen molar-refractivity contribution in [1.82, 2.24) is 4.98 Å². The molecular weight excluding hydrogens is 234 g/mol. The van der Waals surface area contributed by atoms with E-state index < -0.39 is 5.91 Å². The molecule has 17 heavy (non-hydrogen) atoms. The fraction of sp³-hybridized carbons (Fsp3) is 0.167. The van der Waals surface area contributed by atoms with Crippen LogP contribution in [-0.2, 0) is 6.54 Å². The summed E-state index contributed by atoms with van der Waals surface area (Å²) in [6, 6.07) is 7.13. The zero-order valence-corrected chi connectivity index (χ0v) is 10.3. The SMILES string of the molecule is Cc1csc(CNc2cccc(C(N)=O)c2)n1. The number of anilines is 1. The van der Waals surface area contributed by atoms with Gasteiger partial charge in [-0.3, -0.25) is 4.79 Å². The first-order valence-electron chi connectivity index (χ1n) is 5.20. The van der Waals surface area contributed by atoms with Gasteiger partial charge in [0.15, 0.2) is 0 Å². The second kappa shape index (κ2) is 4.97. The summed E-state index contributed by atoms with van der Waals surface area (Å²) < 4.78 is 0. The van der Waals surface area contributed by atoms with Crippen LogP contribution in [0.3, 0.4) is 0 Å². The minimum absolute atomic E-state index is 0.418. The van der Waals surface area contributed by atoms with Crippen LogP contribution in [0.4, 0.5) is 5.69 Å². The number of hydrogen-bond acceptors (Lipinski definition) is 4. The van der Waals surface area contributed by atoms with Crippen molar-refractivity contribution in [2.75, 3.05) is 5.32 Å². The molecule has 0 aliphatic heterocycles. The third-order valence-electron chi connectivity index (χ3n) is 2.26. The van der Waals surface area contributed by atoms with Crippen LogP contribution in [0.1, 0.15) is 21.1 Å².